The molecule has 0 heterocycles. The highest BCUT2D eigenvalue weighted by atomic mass is 16.5. The molecule has 0 aliphatic heterocycles. The summed E-state index contributed by atoms with van der Waals surface area (Å²) in [5.74, 6) is 1.01. The number of hydrogen-bond donors (Lipinski definition) is 1. The molecule has 2 aliphatic carbocycles. The van der Waals surface area contributed by atoms with Crippen LogP contribution >= 0.6 is 0 Å². The zero-order valence-electron chi connectivity index (χ0n) is 9.78. The number of nitrogens with two attached hydrogens (primary N) is 1. The van der Waals surface area contributed by atoms with Gasteiger partial charge >= 0.3 is 0 Å². The quantitative estimate of drug-likeness (QED) is 0.841. The molecule has 86 valence electrons. The Morgan fingerprint density at radius 1 is 1.25 bits per heavy atom. The minimum Gasteiger partial charge on any atom is -0.490 e. The van der Waals surface area contributed by atoms with Gasteiger partial charge in [-0.05, 0) is 50.3 Å². The summed E-state index contributed by atoms with van der Waals surface area (Å²) in [5.41, 5.74) is 7.70. The average Bonchev–Trinajstić information content (AvgIpc) is 3.13. The molecule has 0 bridgehead atoms. The molecule has 2 nitrogen and oxygen atoms in total. The van der Waals surface area contributed by atoms with Crippen molar-refractivity contribution < 1.29 is 4.74 Å². The van der Waals surface area contributed by atoms with E-state index in [1.165, 1.54) is 31.2 Å². The fraction of sp³-hybridized carbons (Fsp3) is 0.571. The van der Waals surface area contributed by atoms with Crippen molar-refractivity contribution in [3.8, 4) is 5.75 Å². The Bertz CT molecular complexity index is 374. The molecule has 1 aromatic carbocycles. The summed E-state index contributed by atoms with van der Waals surface area (Å²) >= 11 is 0. The van der Waals surface area contributed by atoms with Crippen LogP contribution in [-0.4, -0.2) is 12.1 Å². The molecule has 3 rings (SSSR count). The van der Waals surface area contributed by atoms with Crippen LogP contribution < -0.4 is 10.5 Å². The first-order chi connectivity index (χ1) is 7.71. The number of hydrogen-bond acceptors (Lipinski definition) is 2. The molecule has 1 atom stereocenters. The normalized spacial score (nSPS) is 23.9. The first kappa shape index (κ1) is 10.2. The zero-order chi connectivity index (χ0) is 11.2. The van der Waals surface area contributed by atoms with Crippen molar-refractivity contribution in [2.75, 3.05) is 0 Å². The Hall–Kier alpha value is -1.02. The Kier molecular flexibility index (Phi) is 2.21. The Morgan fingerprint density at radius 3 is 2.31 bits per heavy atom. The van der Waals surface area contributed by atoms with Crippen LogP contribution in [0.2, 0.25) is 0 Å². The zero-order valence-corrected chi connectivity index (χ0v) is 9.78. The predicted molar refractivity (Wildman–Crippen MR) is 64.7 cm³/mol. The van der Waals surface area contributed by atoms with Crippen LogP contribution in [0.25, 0.3) is 0 Å². The van der Waals surface area contributed by atoms with E-state index in [0.29, 0.717) is 6.10 Å². The van der Waals surface area contributed by atoms with E-state index >= 15 is 0 Å². The highest BCUT2D eigenvalue weighted by molar-refractivity contribution is 5.37. The van der Waals surface area contributed by atoms with Crippen molar-refractivity contribution in [1.29, 1.82) is 0 Å². The average molecular weight is 217 g/mol. The number of ether oxygens (including phenoxy) is 1. The predicted octanol–water partition coefficient (Wildman–Crippen LogP) is 2.61. The van der Waals surface area contributed by atoms with Crippen molar-refractivity contribution in [1.82, 2.24) is 0 Å². The van der Waals surface area contributed by atoms with Crippen molar-refractivity contribution in [2.45, 2.75) is 50.2 Å². The summed E-state index contributed by atoms with van der Waals surface area (Å²) in [6.07, 6.45) is 5.37. The molecule has 2 fully saturated rings. The fourth-order valence-corrected chi connectivity index (χ4v) is 2.39. The molecular weight excluding hydrogens is 198 g/mol. The van der Waals surface area contributed by atoms with E-state index in [4.69, 9.17) is 10.5 Å². The van der Waals surface area contributed by atoms with E-state index in [1.807, 2.05) is 0 Å². The van der Waals surface area contributed by atoms with Gasteiger partial charge in [-0.15, -0.1) is 0 Å². The van der Waals surface area contributed by atoms with E-state index in [9.17, 15) is 0 Å². The van der Waals surface area contributed by atoms with E-state index in [0.717, 1.165) is 5.75 Å². The van der Waals surface area contributed by atoms with Gasteiger partial charge in [-0.1, -0.05) is 12.1 Å². The number of benzene rings is 1. The standard InChI is InChI=1S/C14H19NO/c1-10(15)14(8-9-14)11-2-4-12(5-3-11)16-13-6-7-13/h2-5,10,13H,6-9,15H2,1H3. The van der Waals surface area contributed by atoms with Crippen LogP contribution in [0.1, 0.15) is 38.2 Å². The lowest BCUT2D eigenvalue weighted by atomic mass is 9.89. The van der Waals surface area contributed by atoms with Gasteiger partial charge in [0.05, 0.1) is 6.10 Å². The first-order valence-corrected chi connectivity index (χ1v) is 6.23. The number of rotatable bonds is 4. The third-order valence-corrected chi connectivity index (χ3v) is 3.92. The molecule has 2 N–H and O–H groups in total. The summed E-state index contributed by atoms with van der Waals surface area (Å²) in [5, 5.41) is 0. The Morgan fingerprint density at radius 2 is 1.88 bits per heavy atom. The minimum atomic E-state index is 0.253. The second-order valence-electron chi connectivity index (χ2n) is 5.29. The molecule has 2 saturated carbocycles. The highest BCUT2D eigenvalue weighted by Gasteiger charge is 2.47. The lowest BCUT2D eigenvalue weighted by Gasteiger charge is -2.20. The molecule has 1 unspecified atom stereocenters. The third kappa shape index (κ3) is 1.71. The van der Waals surface area contributed by atoms with Crippen molar-refractivity contribution in [2.24, 2.45) is 5.73 Å². The SMILES string of the molecule is CC(N)C1(c2ccc(OC3CC3)cc2)CC1. The maximum Gasteiger partial charge on any atom is 0.119 e. The van der Waals surface area contributed by atoms with Gasteiger partial charge in [-0.3, -0.25) is 0 Å². The second kappa shape index (κ2) is 3.49. The smallest absolute Gasteiger partial charge is 0.119 e. The molecule has 1 aromatic rings. The first-order valence-electron chi connectivity index (χ1n) is 6.23. The summed E-state index contributed by atoms with van der Waals surface area (Å²) in [6, 6.07) is 8.82. The molecule has 2 heteroatoms. The molecular formula is C14H19NO. The Labute approximate surface area is 96.8 Å². The molecule has 2 aliphatic rings. The largest absolute Gasteiger partial charge is 0.490 e. The van der Waals surface area contributed by atoms with Crippen LogP contribution in [0.3, 0.4) is 0 Å². The van der Waals surface area contributed by atoms with Crippen LogP contribution in [-0.2, 0) is 5.41 Å². The molecule has 0 amide bonds. The third-order valence-electron chi connectivity index (χ3n) is 3.92. The van der Waals surface area contributed by atoms with Gasteiger partial charge < -0.3 is 10.5 Å². The van der Waals surface area contributed by atoms with Crippen molar-refractivity contribution in [3.05, 3.63) is 29.8 Å². The maximum atomic E-state index is 6.06. The van der Waals surface area contributed by atoms with Crippen LogP contribution in [0.4, 0.5) is 0 Å². The van der Waals surface area contributed by atoms with Gasteiger partial charge in [0.25, 0.3) is 0 Å². The van der Waals surface area contributed by atoms with Gasteiger partial charge in [0.1, 0.15) is 5.75 Å². The summed E-state index contributed by atoms with van der Waals surface area (Å²) in [4.78, 5) is 0. The summed E-state index contributed by atoms with van der Waals surface area (Å²) in [7, 11) is 0. The van der Waals surface area contributed by atoms with Crippen LogP contribution in [0.15, 0.2) is 24.3 Å². The van der Waals surface area contributed by atoms with Crippen molar-refractivity contribution in [3.63, 3.8) is 0 Å². The molecule has 0 saturated heterocycles. The lowest BCUT2D eigenvalue weighted by Crippen LogP contribution is -2.31. The van der Waals surface area contributed by atoms with E-state index < -0.39 is 0 Å². The van der Waals surface area contributed by atoms with E-state index in [1.54, 1.807) is 0 Å². The fourth-order valence-electron chi connectivity index (χ4n) is 2.39. The lowest BCUT2D eigenvalue weighted by molar-refractivity contribution is 0.303. The minimum absolute atomic E-state index is 0.253. The van der Waals surface area contributed by atoms with E-state index in [2.05, 4.69) is 31.2 Å². The van der Waals surface area contributed by atoms with Crippen LogP contribution in [0.5, 0.6) is 5.75 Å². The van der Waals surface area contributed by atoms with Gasteiger partial charge in [0, 0.05) is 11.5 Å². The summed E-state index contributed by atoms with van der Waals surface area (Å²) < 4.78 is 5.74. The van der Waals surface area contributed by atoms with Gasteiger partial charge in [-0.25, -0.2) is 0 Å². The van der Waals surface area contributed by atoms with Gasteiger partial charge in [-0.2, -0.15) is 0 Å². The van der Waals surface area contributed by atoms with Gasteiger partial charge in [0.2, 0.25) is 0 Å². The highest BCUT2D eigenvalue weighted by Crippen LogP contribution is 2.50. The van der Waals surface area contributed by atoms with Crippen molar-refractivity contribution >= 4 is 0 Å². The molecule has 0 radical (unpaired) electrons. The maximum absolute atomic E-state index is 6.06. The molecule has 16 heavy (non-hydrogen) atoms. The Balaban J connectivity index is 1.76. The monoisotopic (exact) mass is 217 g/mol. The molecule has 0 aromatic heterocycles. The van der Waals surface area contributed by atoms with E-state index in [-0.39, 0.29) is 11.5 Å². The summed E-state index contributed by atoms with van der Waals surface area (Å²) in [6.45, 7) is 2.11. The molecule has 0 spiro atoms. The van der Waals surface area contributed by atoms with Crippen LogP contribution in [0, 0.1) is 0 Å². The topological polar surface area (TPSA) is 35.2 Å². The van der Waals surface area contributed by atoms with Gasteiger partial charge in [0.15, 0.2) is 0 Å². The second-order valence-corrected chi connectivity index (χ2v) is 5.29.